The fraction of sp³-hybridized carbons (Fsp3) is 0.308. The van der Waals surface area contributed by atoms with Crippen molar-refractivity contribution in [2.75, 3.05) is 13.1 Å². The molecule has 0 aliphatic carbocycles. The number of hydrogen-bond donors (Lipinski definition) is 1. The van der Waals surface area contributed by atoms with Crippen molar-refractivity contribution in [3.63, 3.8) is 0 Å². The van der Waals surface area contributed by atoms with E-state index in [-0.39, 0.29) is 0 Å². The van der Waals surface area contributed by atoms with Crippen molar-refractivity contribution < 1.29 is 0 Å². The number of nitrogens with zero attached hydrogens (tertiary/aromatic N) is 4. The topological polar surface area (TPSA) is 55.1 Å². The molecule has 0 spiro atoms. The minimum absolute atomic E-state index is 0.523. The van der Waals surface area contributed by atoms with Gasteiger partial charge in [-0.2, -0.15) is 9.61 Å². The van der Waals surface area contributed by atoms with Gasteiger partial charge in [-0.1, -0.05) is 41.7 Å². The molecule has 1 aliphatic rings. The van der Waals surface area contributed by atoms with Gasteiger partial charge in [-0.05, 0) is 13.0 Å². The summed E-state index contributed by atoms with van der Waals surface area (Å²) in [6.45, 7) is 2.10. The van der Waals surface area contributed by atoms with Crippen LogP contribution in [0.5, 0.6) is 0 Å². The van der Waals surface area contributed by atoms with Crippen LogP contribution < -0.4 is 5.32 Å². The second-order valence-electron chi connectivity index (χ2n) is 4.71. The second-order valence-corrected chi connectivity index (χ2v) is 5.70. The van der Waals surface area contributed by atoms with Crippen molar-refractivity contribution in [2.24, 2.45) is 0 Å². The van der Waals surface area contributed by atoms with E-state index in [1.54, 1.807) is 11.3 Å². The van der Waals surface area contributed by atoms with Crippen LogP contribution in [0.4, 0.5) is 0 Å². The molecule has 1 fully saturated rings. The lowest BCUT2D eigenvalue weighted by Crippen LogP contribution is -2.08. The van der Waals surface area contributed by atoms with E-state index in [0.717, 1.165) is 40.9 Å². The molecule has 0 radical (unpaired) electrons. The molecular formula is C13H13N5S. The van der Waals surface area contributed by atoms with Crippen LogP contribution in [-0.4, -0.2) is 32.9 Å². The Bertz CT molecular complexity index is 696. The van der Waals surface area contributed by atoms with Gasteiger partial charge >= 0.3 is 0 Å². The molecule has 0 bridgehead atoms. The monoisotopic (exact) mass is 271 g/mol. The van der Waals surface area contributed by atoms with Gasteiger partial charge in [0.25, 0.3) is 0 Å². The molecule has 19 heavy (non-hydrogen) atoms. The third-order valence-corrected chi connectivity index (χ3v) is 4.51. The van der Waals surface area contributed by atoms with Crippen LogP contribution in [-0.2, 0) is 0 Å². The average molecular weight is 271 g/mol. The van der Waals surface area contributed by atoms with Crippen molar-refractivity contribution in [1.29, 1.82) is 0 Å². The predicted molar refractivity (Wildman–Crippen MR) is 74.3 cm³/mol. The Morgan fingerprint density at radius 3 is 2.89 bits per heavy atom. The van der Waals surface area contributed by atoms with Crippen LogP contribution in [0.2, 0.25) is 0 Å². The number of benzene rings is 1. The molecule has 0 amide bonds. The van der Waals surface area contributed by atoms with E-state index in [2.05, 4.69) is 15.5 Å². The number of aromatic nitrogens is 4. The molecule has 1 saturated heterocycles. The zero-order valence-corrected chi connectivity index (χ0v) is 11.1. The van der Waals surface area contributed by atoms with Gasteiger partial charge in [0.15, 0.2) is 5.82 Å². The Hall–Kier alpha value is -1.79. The molecule has 1 unspecified atom stereocenters. The second kappa shape index (κ2) is 4.40. The Kier molecular flexibility index (Phi) is 2.56. The van der Waals surface area contributed by atoms with Crippen molar-refractivity contribution in [1.82, 2.24) is 25.1 Å². The number of hydrogen-bond acceptors (Lipinski definition) is 5. The third kappa shape index (κ3) is 1.84. The highest BCUT2D eigenvalue weighted by Crippen LogP contribution is 2.28. The zero-order valence-electron chi connectivity index (χ0n) is 10.3. The van der Waals surface area contributed by atoms with E-state index in [1.165, 1.54) is 0 Å². The Morgan fingerprint density at radius 2 is 2.11 bits per heavy atom. The van der Waals surface area contributed by atoms with Crippen LogP contribution >= 0.6 is 11.3 Å². The van der Waals surface area contributed by atoms with Crippen LogP contribution in [0.25, 0.3) is 16.3 Å². The fourth-order valence-electron chi connectivity index (χ4n) is 2.43. The minimum Gasteiger partial charge on any atom is -0.316 e. The Balaban J connectivity index is 1.80. The number of nitrogens with one attached hydrogen (secondary N) is 1. The molecule has 0 saturated carbocycles. The molecule has 5 nitrogen and oxygen atoms in total. The molecule has 3 heterocycles. The Morgan fingerprint density at radius 1 is 1.21 bits per heavy atom. The highest BCUT2D eigenvalue weighted by Gasteiger charge is 2.22. The smallest absolute Gasteiger partial charge is 0.234 e. The van der Waals surface area contributed by atoms with Crippen molar-refractivity contribution >= 4 is 16.3 Å². The molecule has 1 N–H and O–H groups in total. The van der Waals surface area contributed by atoms with Crippen molar-refractivity contribution in [3.8, 4) is 11.4 Å². The van der Waals surface area contributed by atoms with Crippen LogP contribution in [0.1, 0.15) is 17.3 Å². The first kappa shape index (κ1) is 11.1. The van der Waals surface area contributed by atoms with E-state index in [9.17, 15) is 0 Å². The van der Waals surface area contributed by atoms with Crippen LogP contribution in [0, 0.1) is 0 Å². The third-order valence-electron chi connectivity index (χ3n) is 3.45. The maximum atomic E-state index is 4.70. The first-order valence-electron chi connectivity index (χ1n) is 6.40. The predicted octanol–water partition coefficient (Wildman–Crippen LogP) is 1.93. The number of fused-ring (bicyclic) bond motifs is 1. The standard InChI is InChI=1S/C13H13N5S/c1-2-4-9(5-3-1)11-15-16-13-18(11)17-12(19-13)10-6-7-14-8-10/h1-5,10,14H,6-8H2. The molecule has 3 aromatic rings. The Labute approximate surface area is 114 Å². The van der Waals surface area contributed by atoms with Crippen LogP contribution in [0.3, 0.4) is 0 Å². The summed E-state index contributed by atoms with van der Waals surface area (Å²) < 4.78 is 1.87. The lowest BCUT2D eigenvalue weighted by Gasteiger charge is -2.01. The molecule has 2 aromatic heterocycles. The largest absolute Gasteiger partial charge is 0.316 e. The summed E-state index contributed by atoms with van der Waals surface area (Å²) in [5.41, 5.74) is 1.05. The van der Waals surface area contributed by atoms with Gasteiger partial charge in [0.05, 0.1) is 0 Å². The lowest BCUT2D eigenvalue weighted by atomic mass is 10.1. The summed E-state index contributed by atoms with van der Waals surface area (Å²) >= 11 is 1.65. The van der Waals surface area contributed by atoms with Crippen molar-refractivity contribution in [3.05, 3.63) is 35.3 Å². The van der Waals surface area contributed by atoms with E-state index in [0.29, 0.717) is 5.92 Å². The van der Waals surface area contributed by atoms with Gasteiger partial charge in [-0.25, -0.2) is 0 Å². The summed E-state index contributed by atoms with van der Waals surface area (Å²) in [5.74, 6) is 1.35. The van der Waals surface area contributed by atoms with Gasteiger partial charge in [0.2, 0.25) is 4.96 Å². The molecule has 1 aliphatic heterocycles. The van der Waals surface area contributed by atoms with E-state index in [4.69, 9.17) is 5.10 Å². The average Bonchev–Trinajstić information content (AvgIpc) is 3.15. The van der Waals surface area contributed by atoms with Gasteiger partial charge in [0.1, 0.15) is 5.01 Å². The molecule has 1 aromatic carbocycles. The van der Waals surface area contributed by atoms with Crippen LogP contribution in [0.15, 0.2) is 30.3 Å². The molecule has 96 valence electrons. The maximum Gasteiger partial charge on any atom is 0.234 e. The van der Waals surface area contributed by atoms with Gasteiger partial charge in [-0.15, -0.1) is 10.2 Å². The van der Waals surface area contributed by atoms with E-state index in [1.807, 2.05) is 34.8 Å². The van der Waals surface area contributed by atoms with Gasteiger partial charge in [0, 0.05) is 18.0 Å². The quantitative estimate of drug-likeness (QED) is 0.774. The molecule has 6 heteroatoms. The maximum absolute atomic E-state index is 4.70. The summed E-state index contributed by atoms with van der Waals surface area (Å²) in [4.78, 5) is 0.876. The molecule has 4 rings (SSSR count). The first-order chi connectivity index (χ1) is 9.42. The van der Waals surface area contributed by atoms with E-state index >= 15 is 0 Å². The normalized spacial score (nSPS) is 19.3. The highest BCUT2D eigenvalue weighted by atomic mass is 32.1. The highest BCUT2D eigenvalue weighted by molar-refractivity contribution is 7.16. The molecular weight excluding hydrogens is 258 g/mol. The molecule has 1 atom stereocenters. The van der Waals surface area contributed by atoms with Gasteiger partial charge < -0.3 is 5.32 Å². The summed E-state index contributed by atoms with van der Waals surface area (Å²) in [7, 11) is 0. The SMILES string of the molecule is c1ccc(-c2nnc3sc(C4CCNC4)nn23)cc1. The fourth-order valence-corrected chi connectivity index (χ4v) is 3.40. The first-order valence-corrected chi connectivity index (χ1v) is 7.22. The lowest BCUT2D eigenvalue weighted by molar-refractivity contribution is 0.730. The van der Waals surface area contributed by atoms with E-state index < -0.39 is 0 Å². The minimum atomic E-state index is 0.523. The number of rotatable bonds is 2. The van der Waals surface area contributed by atoms with Gasteiger partial charge in [-0.3, -0.25) is 0 Å². The summed E-state index contributed by atoms with van der Waals surface area (Å²) in [6.07, 6.45) is 1.16. The summed E-state index contributed by atoms with van der Waals surface area (Å²) in [5, 5.41) is 17.7. The summed E-state index contributed by atoms with van der Waals surface area (Å²) in [6, 6.07) is 10.1. The van der Waals surface area contributed by atoms with Crippen molar-refractivity contribution in [2.45, 2.75) is 12.3 Å². The zero-order chi connectivity index (χ0) is 12.7.